The van der Waals surface area contributed by atoms with E-state index in [2.05, 4.69) is 15.3 Å². The Morgan fingerprint density at radius 3 is 2.45 bits per heavy atom. The van der Waals surface area contributed by atoms with E-state index < -0.39 is 10.0 Å². The van der Waals surface area contributed by atoms with E-state index in [4.69, 9.17) is 9.47 Å². The van der Waals surface area contributed by atoms with Crippen molar-refractivity contribution in [2.45, 2.75) is 39.2 Å². The lowest BCUT2D eigenvalue weighted by Crippen LogP contribution is -2.31. The van der Waals surface area contributed by atoms with Crippen LogP contribution in [0.1, 0.15) is 40.5 Å². The molecule has 0 aliphatic heterocycles. The van der Waals surface area contributed by atoms with E-state index in [0.717, 1.165) is 0 Å². The molecule has 178 valence electrons. The van der Waals surface area contributed by atoms with Crippen LogP contribution in [0.2, 0.25) is 0 Å². The smallest absolute Gasteiger partial charge is 0.266 e. The Balaban J connectivity index is 1.99. The van der Waals surface area contributed by atoms with E-state index in [0.29, 0.717) is 56.7 Å². The fourth-order valence-electron chi connectivity index (χ4n) is 3.55. The van der Waals surface area contributed by atoms with Gasteiger partial charge in [0.05, 0.1) is 22.3 Å². The molecule has 0 saturated heterocycles. The number of aromatic nitrogens is 2. The SMILES string of the molecule is CCN(CC)S(=O)(=O)c1cc(NC(=O)c2sc3nc(COC)nc(OC)c3c2C)ccc1C. The molecular weight excluding hydrogens is 464 g/mol. The molecule has 0 atom stereocenters. The lowest BCUT2D eigenvalue weighted by Gasteiger charge is -2.20. The van der Waals surface area contributed by atoms with Crippen LogP contribution in [0, 0.1) is 13.8 Å². The summed E-state index contributed by atoms with van der Waals surface area (Å²) in [6, 6.07) is 4.88. The molecule has 9 nitrogen and oxygen atoms in total. The molecule has 0 unspecified atom stereocenters. The van der Waals surface area contributed by atoms with E-state index in [1.807, 2.05) is 0 Å². The topological polar surface area (TPSA) is 111 Å². The Labute approximate surface area is 197 Å². The van der Waals surface area contributed by atoms with Crippen molar-refractivity contribution in [1.29, 1.82) is 0 Å². The number of aryl methyl sites for hydroxylation is 2. The second kappa shape index (κ2) is 10.1. The minimum atomic E-state index is -3.66. The van der Waals surface area contributed by atoms with Crippen molar-refractivity contribution in [3.05, 3.63) is 40.0 Å². The van der Waals surface area contributed by atoms with E-state index >= 15 is 0 Å². The van der Waals surface area contributed by atoms with Crippen molar-refractivity contribution in [1.82, 2.24) is 14.3 Å². The first-order chi connectivity index (χ1) is 15.7. The van der Waals surface area contributed by atoms with Crippen LogP contribution in [-0.2, 0) is 21.4 Å². The van der Waals surface area contributed by atoms with Gasteiger partial charge in [-0.05, 0) is 37.1 Å². The van der Waals surface area contributed by atoms with Gasteiger partial charge in [0.2, 0.25) is 15.9 Å². The zero-order valence-electron chi connectivity index (χ0n) is 19.6. The minimum Gasteiger partial charge on any atom is -0.480 e. The number of ether oxygens (including phenoxy) is 2. The monoisotopic (exact) mass is 492 g/mol. The first kappa shape index (κ1) is 25.0. The van der Waals surface area contributed by atoms with Crippen LogP contribution in [0.15, 0.2) is 23.1 Å². The molecule has 0 saturated carbocycles. The second-order valence-electron chi connectivity index (χ2n) is 7.34. The van der Waals surface area contributed by atoms with E-state index in [1.165, 1.54) is 28.8 Å². The van der Waals surface area contributed by atoms with Gasteiger partial charge in [0.1, 0.15) is 11.4 Å². The lowest BCUT2D eigenvalue weighted by molar-refractivity contribution is 0.103. The van der Waals surface area contributed by atoms with Crippen molar-refractivity contribution in [3.8, 4) is 5.88 Å². The molecule has 11 heteroatoms. The number of nitrogens with zero attached hydrogens (tertiary/aromatic N) is 3. The van der Waals surface area contributed by atoms with Crippen LogP contribution in [0.5, 0.6) is 5.88 Å². The van der Waals surface area contributed by atoms with Crippen LogP contribution in [-0.4, -0.2) is 55.9 Å². The van der Waals surface area contributed by atoms with Gasteiger partial charge in [0.15, 0.2) is 5.82 Å². The van der Waals surface area contributed by atoms with Crippen molar-refractivity contribution in [3.63, 3.8) is 0 Å². The summed E-state index contributed by atoms with van der Waals surface area (Å²) in [6.45, 7) is 8.08. The summed E-state index contributed by atoms with van der Waals surface area (Å²) in [4.78, 5) is 23.2. The van der Waals surface area contributed by atoms with Gasteiger partial charge in [-0.2, -0.15) is 9.29 Å². The van der Waals surface area contributed by atoms with Crippen molar-refractivity contribution in [2.75, 3.05) is 32.6 Å². The van der Waals surface area contributed by atoms with E-state index in [1.54, 1.807) is 46.9 Å². The standard InChI is InChI=1S/C22H28N4O5S2/c1-7-26(8-2)33(28,29)16-11-15(10-9-13(16)3)23-20(27)19-14(4)18-21(31-6)24-17(12-30-5)25-22(18)32-19/h9-11H,7-8,12H2,1-6H3,(H,23,27). The van der Waals surface area contributed by atoms with Gasteiger partial charge in [-0.25, -0.2) is 13.4 Å². The Morgan fingerprint density at radius 2 is 1.85 bits per heavy atom. The summed E-state index contributed by atoms with van der Waals surface area (Å²) in [5.41, 5.74) is 1.70. The van der Waals surface area contributed by atoms with E-state index in [9.17, 15) is 13.2 Å². The van der Waals surface area contributed by atoms with Crippen molar-refractivity contribution < 1.29 is 22.7 Å². The highest BCUT2D eigenvalue weighted by Crippen LogP contribution is 2.35. The maximum Gasteiger partial charge on any atom is 0.266 e. The van der Waals surface area contributed by atoms with Crippen molar-refractivity contribution in [2.24, 2.45) is 0 Å². The van der Waals surface area contributed by atoms with Crippen molar-refractivity contribution >= 4 is 43.2 Å². The zero-order valence-corrected chi connectivity index (χ0v) is 21.2. The third kappa shape index (κ3) is 4.86. The third-order valence-corrected chi connectivity index (χ3v) is 8.62. The highest BCUT2D eigenvalue weighted by atomic mass is 32.2. The van der Waals surface area contributed by atoms with Gasteiger partial charge < -0.3 is 14.8 Å². The average Bonchev–Trinajstić information content (AvgIpc) is 3.11. The number of methoxy groups -OCH3 is 2. The Kier molecular flexibility index (Phi) is 7.68. The number of rotatable bonds is 9. The number of benzene rings is 1. The first-order valence-electron chi connectivity index (χ1n) is 10.4. The molecule has 0 aliphatic rings. The summed E-state index contributed by atoms with van der Waals surface area (Å²) in [5, 5.41) is 3.49. The summed E-state index contributed by atoms with van der Waals surface area (Å²) in [6.07, 6.45) is 0. The normalized spacial score (nSPS) is 11.8. The Bertz CT molecular complexity index is 1280. The van der Waals surface area contributed by atoms with Crippen LogP contribution in [0.4, 0.5) is 5.69 Å². The van der Waals surface area contributed by atoms with E-state index in [-0.39, 0.29) is 17.4 Å². The number of amides is 1. The fourth-order valence-corrected chi connectivity index (χ4v) is 6.34. The number of hydrogen-bond donors (Lipinski definition) is 1. The van der Waals surface area contributed by atoms with Crippen LogP contribution in [0.3, 0.4) is 0 Å². The van der Waals surface area contributed by atoms with Crippen LogP contribution >= 0.6 is 11.3 Å². The minimum absolute atomic E-state index is 0.175. The Morgan fingerprint density at radius 1 is 1.15 bits per heavy atom. The molecule has 33 heavy (non-hydrogen) atoms. The quantitative estimate of drug-likeness (QED) is 0.484. The van der Waals surface area contributed by atoms with Gasteiger partial charge in [-0.3, -0.25) is 4.79 Å². The molecular formula is C22H28N4O5S2. The number of nitrogens with one attached hydrogen (secondary N) is 1. The van der Waals surface area contributed by atoms with Gasteiger partial charge >= 0.3 is 0 Å². The molecule has 1 amide bonds. The molecule has 1 aromatic carbocycles. The maximum atomic E-state index is 13.1. The molecule has 3 rings (SSSR count). The summed E-state index contributed by atoms with van der Waals surface area (Å²) in [7, 11) is -0.601. The number of carbonyl (C=O) groups is 1. The molecule has 0 aliphatic carbocycles. The van der Waals surface area contributed by atoms with Gasteiger partial charge in [0.25, 0.3) is 5.91 Å². The predicted octanol–water partition coefficient (Wildman–Crippen LogP) is 3.75. The molecule has 1 N–H and O–H groups in total. The van der Waals surface area contributed by atoms with Crippen LogP contribution < -0.4 is 10.1 Å². The highest BCUT2D eigenvalue weighted by molar-refractivity contribution is 7.89. The fraction of sp³-hybridized carbons (Fsp3) is 0.409. The van der Waals surface area contributed by atoms with Gasteiger partial charge in [0, 0.05) is 25.9 Å². The summed E-state index contributed by atoms with van der Waals surface area (Å²) >= 11 is 1.22. The zero-order chi connectivity index (χ0) is 24.3. The summed E-state index contributed by atoms with van der Waals surface area (Å²) in [5.74, 6) is 0.475. The number of fused-ring (bicyclic) bond motifs is 1. The molecule has 0 spiro atoms. The summed E-state index contributed by atoms with van der Waals surface area (Å²) < 4.78 is 38.0. The highest BCUT2D eigenvalue weighted by Gasteiger charge is 2.25. The lowest BCUT2D eigenvalue weighted by atomic mass is 10.2. The number of thiophene rings is 1. The number of hydrogen-bond acceptors (Lipinski definition) is 8. The number of carbonyl (C=O) groups excluding carboxylic acids is 1. The molecule has 0 fully saturated rings. The predicted molar refractivity (Wildman–Crippen MR) is 129 cm³/mol. The second-order valence-corrected chi connectivity index (χ2v) is 10.2. The number of sulfonamides is 1. The molecule has 0 bridgehead atoms. The molecule has 0 radical (unpaired) electrons. The van der Waals surface area contributed by atoms with Gasteiger partial charge in [-0.15, -0.1) is 11.3 Å². The first-order valence-corrected chi connectivity index (χ1v) is 12.7. The van der Waals surface area contributed by atoms with Gasteiger partial charge in [-0.1, -0.05) is 19.9 Å². The molecule has 2 aromatic heterocycles. The third-order valence-electron chi connectivity index (χ3n) is 5.25. The van der Waals surface area contributed by atoms with Crippen LogP contribution in [0.25, 0.3) is 10.2 Å². The molecule has 3 aromatic rings. The average molecular weight is 493 g/mol. The largest absolute Gasteiger partial charge is 0.480 e. The maximum absolute atomic E-state index is 13.1. The Hall–Kier alpha value is -2.60. The molecule has 2 heterocycles. The number of anilines is 1.